The van der Waals surface area contributed by atoms with Crippen molar-refractivity contribution in [3.63, 3.8) is 0 Å². The summed E-state index contributed by atoms with van der Waals surface area (Å²) in [5.41, 5.74) is 4.23. The lowest BCUT2D eigenvalue weighted by atomic mass is 9.97. The van der Waals surface area contributed by atoms with Crippen LogP contribution < -0.4 is 16.0 Å². The number of nitrogens with two attached hydrogens (primary N) is 1. The summed E-state index contributed by atoms with van der Waals surface area (Å²) in [6.45, 7) is 4.08. The van der Waals surface area contributed by atoms with Crippen LogP contribution in [0, 0.1) is 0 Å². The van der Waals surface area contributed by atoms with Gasteiger partial charge in [0.1, 0.15) is 11.4 Å². The third kappa shape index (κ3) is 1.50. The number of aromatic nitrogens is 1. The minimum absolute atomic E-state index is 0.365. The molecule has 0 radical (unpaired) electrons. The van der Waals surface area contributed by atoms with Gasteiger partial charge >= 0.3 is 0 Å². The van der Waals surface area contributed by atoms with Gasteiger partial charge in [0.15, 0.2) is 5.13 Å². The van der Waals surface area contributed by atoms with E-state index in [1.807, 2.05) is 38.1 Å². The van der Waals surface area contributed by atoms with Crippen molar-refractivity contribution < 1.29 is 4.74 Å². The predicted octanol–water partition coefficient (Wildman–Crippen LogP) is 2.72. The monoisotopic (exact) mass is 247 g/mol. The van der Waals surface area contributed by atoms with Gasteiger partial charge in [-0.2, -0.15) is 0 Å². The van der Waals surface area contributed by atoms with E-state index in [4.69, 9.17) is 10.6 Å². The van der Waals surface area contributed by atoms with Crippen LogP contribution in [0.3, 0.4) is 0 Å². The van der Waals surface area contributed by atoms with Gasteiger partial charge < -0.3 is 4.74 Å². The van der Waals surface area contributed by atoms with E-state index in [1.165, 1.54) is 11.3 Å². The number of fused-ring (bicyclic) bond motifs is 3. The van der Waals surface area contributed by atoms with E-state index < -0.39 is 0 Å². The van der Waals surface area contributed by atoms with Crippen molar-refractivity contribution in [1.29, 1.82) is 0 Å². The van der Waals surface area contributed by atoms with Gasteiger partial charge in [0.25, 0.3) is 0 Å². The molecule has 1 aromatic heterocycles. The van der Waals surface area contributed by atoms with Crippen LogP contribution >= 0.6 is 11.3 Å². The Morgan fingerprint density at radius 3 is 2.88 bits per heavy atom. The molecule has 0 atom stereocenters. The summed E-state index contributed by atoms with van der Waals surface area (Å²) in [6.07, 6.45) is 0. The van der Waals surface area contributed by atoms with Gasteiger partial charge in [0.2, 0.25) is 0 Å². The molecule has 3 rings (SSSR count). The lowest BCUT2D eigenvalue weighted by molar-refractivity contribution is 0.109. The van der Waals surface area contributed by atoms with Crippen LogP contribution in [0.2, 0.25) is 0 Å². The molecule has 5 heteroatoms. The van der Waals surface area contributed by atoms with Crippen LogP contribution in [0.15, 0.2) is 24.3 Å². The molecule has 17 heavy (non-hydrogen) atoms. The summed E-state index contributed by atoms with van der Waals surface area (Å²) in [7, 11) is 0. The topological polar surface area (TPSA) is 60.2 Å². The second kappa shape index (κ2) is 3.45. The first kappa shape index (κ1) is 10.6. The number of ether oxygens (including phenoxy) is 1. The average molecular weight is 247 g/mol. The fourth-order valence-electron chi connectivity index (χ4n) is 2.04. The largest absolute Gasteiger partial charge is 0.482 e. The molecule has 2 heterocycles. The van der Waals surface area contributed by atoms with Gasteiger partial charge in [0.05, 0.1) is 10.6 Å². The molecule has 0 unspecified atom stereocenters. The maximum atomic E-state index is 6.01. The van der Waals surface area contributed by atoms with E-state index in [2.05, 4.69) is 10.4 Å². The van der Waals surface area contributed by atoms with Gasteiger partial charge in [0, 0.05) is 5.56 Å². The smallest absolute Gasteiger partial charge is 0.197 e. The second-order valence-corrected chi connectivity index (χ2v) is 5.45. The molecule has 0 amide bonds. The Kier molecular flexibility index (Phi) is 2.14. The third-order valence-corrected chi connectivity index (χ3v) is 4.10. The highest BCUT2D eigenvalue weighted by Crippen LogP contribution is 2.47. The molecule has 0 saturated carbocycles. The van der Waals surface area contributed by atoms with Crippen LogP contribution in [0.25, 0.3) is 11.3 Å². The van der Waals surface area contributed by atoms with E-state index >= 15 is 0 Å². The maximum absolute atomic E-state index is 6.01. The lowest BCUT2D eigenvalue weighted by Gasteiger charge is -2.31. The Bertz CT molecular complexity index is 577. The van der Waals surface area contributed by atoms with Crippen LogP contribution in [0.4, 0.5) is 5.13 Å². The summed E-state index contributed by atoms with van der Waals surface area (Å²) in [4.78, 5) is 5.61. The summed E-state index contributed by atoms with van der Waals surface area (Å²) in [5.74, 6) is 6.30. The van der Waals surface area contributed by atoms with Crippen molar-refractivity contribution in [2.45, 2.75) is 19.4 Å². The molecule has 3 N–H and O–H groups in total. The molecule has 0 fully saturated rings. The fourth-order valence-corrected chi connectivity index (χ4v) is 2.97. The first-order valence-corrected chi connectivity index (χ1v) is 6.20. The number of hydrogen-bond acceptors (Lipinski definition) is 5. The van der Waals surface area contributed by atoms with Gasteiger partial charge in [-0.1, -0.05) is 23.5 Å². The maximum Gasteiger partial charge on any atom is 0.197 e. The molecule has 88 valence electrons. The standard InChI is InChI=1S/C12H13N3OS/c1-12(2)10-9(14-11(15-13)17-10)7-5-3-4-6-8(7)16-12/h3-6H,13H2,1-2H3,(H,14,15). The molecule has 0 aliphatic carbocycles. The first-order valence-electron chi connectivity index (χ1n) is 5.38. The Labute approximate surface area is 103 Å². The fraction of sp³-hybridized carbons (Fsp3) is 0.250. The van der Waals surface area contributed by atoms with E-state index in [9.17, 15) is 0 Å². The zero-order valence-electron chi connectivity index (χ0n) is 9.65. The highest BCUT2D eigenvalue weighted by Gasteiger charge is 2.35. The molecule has 1 aliphatic rings. The van der Waals surface area contributed by atoms with E-state index in [0.717, 1.165) is 21.9 Å². The van der Waals surface area contributed by atoms with Crippen molar-refractivity contribution in [1.82, 2.24) is 4.98 Å². The number of anilines is 1. The number of nitrogens with zero attached hydrogens (tertiary/aromatic N) is 1. The molecular weight excluding hydrogens is 234 g/mol. The third-order valence-electron chi connectivity index (χ3n) is 2.80. The Morgan fingerprint density at radius 1 is 1.35 bits per heavy atom. The van der Waals surface area contributed by atoms with Crippen molar-refractivity contribution in [2.24, 2.45) is 5.84 Å². The Hall–Kier alpha value is -1.59. The molecular formula is C12H13N3OS. The Morgan fingerprint density at radius 2 is 2.12 bits per heavy atom. The quantitative estimate of drug-likeness (QED) is 0.601. The van der Waals surface area contributed by atoms with Gasteiger partial charge in [-0.15, -0.1) is 0 Å². The average Bonchev–Trinajstić information content (AvgIpc) is 2.74. The van der Waals surface area contributed by atoms with Crippen molar-refractivity contribution in [3.8, 4) is 17.0 Å². The molecule has 4 nitrogen and oxygen atoms in total. The zero-order valence-corrected chi connectivity index (χ0v) is 10.5. The normalized spacial score (nSPS) is 15.7. The van der Waals surface area contributed by atoms with Crippen LogP contribution in [0.5, 0.6) is 5.75 Å². The number of benzene rings is 1. The number of thiazole rings is 1. The summed E-state index contributed by atoms with van der Waals surface area (Å²) in [6, 6.07) is 7.94. The van der Waals surface area contributed by atoms with E-state index in [-0.39, 0.29) is 5.60 Å². The number of nitrogen functional groups attached to an aromatic ring is 1. The van der Waals surface area contributed by atoms with Crippen molar-refractivity contribution in [2.75, 3.05) is 5.43 Å². The zero-order chi connectivity index (χ0) is 12.0. The minimum atomic E-state index is -0.365. The number of para-hydroxylation sites is 1. The number of hydrogen-bond donors (Lipinski definition) is 2. The molecule has 0 bridgehead atoms. The van der Waals surface area contributed by atoms with Crippen molar-refractivity contribution >= 4 is 16.5 Å². The molecule has 2 aromatic rings. The van der Waals surface area contributed by atoms with Crippen molar-refractivity contribution in [3.05, 3.63) is 29.1 Å². The Balaban J connectivity index is 2.27. The first-order chi connectivity index (χ1) is 8.12. The number of hydrazine groups is 1. The van der Waals surface area contributed by atoms with Gasteiger partial charge in [-0.25, -0.2) is 10.8 Å². The lowest BCUT2D eigenvalue weighted by Crippen LogP contribution is -2.27. The second-order valence-electron chi connectivity index (χ2n) is 4.45. The highest BCUT2D eigenvalue weighted by molar-refractivity contribution is 7.16. The summed E-state index contributed by atoms with van der Waals surface area (Å²) < 4.78 is 6.01. The number of rotatable bonds is 1. The van der Waals surface area contributed by atoms with Gasteiger partial charge in [-0.05, 0) is 26.0 Å². The van der Waals surface area contributed by atoms with E-state index in [1.54, 1.807) is 0 Å². The summed E-state index contributed by atoms with van der Waals surface area (Å²) in [5, 5.41) is 0.711. The SMILES string of the molecule is CC1(C)Oc2ccccc2-c2nc(NN)sc21. The molecule has 1 aliphatic heterocycles. The predicted molar refractivity (Wildman–Crippen MR) is 69.0 cm³/mol. The van der Waals surface area contributed by atoms with Crippen LogP contribution in [-0.2, 0) is 5.60 Å². The highest BCUT2D eigenvalue weighted by atomic mass is 32.1. The molecule has 0 spiro atoms. The molecule has 1 aromatic carbocycles. The minimum Gasteiger partial charge on any atom is -0.482 e. The van der Waals surface area contributed by atoms with Crippen LogP contribution in [-0.4, -0.2) is 4.98 Å². The van der Waals surface area contributed by atoms with Crippen LogP contribution in [0.1, 0.15) is 18.7 Å². The van der Waals surface area contributed by atoms with E-state index in [0.29, 0.717) is 5.13 Å². The molecule has 0 saturated heterocycles. The van der Waals surface area contributed by atoms with Gasteiger partial charge in [-0.3, -0.25) is 5.43 Å². The summed E-state index contributed by atoms with van der Waals surface area (Å²) >= 11 is 1.53. The number of nitrogens with one attached hydrogen (secondary N) is 1.